The highest BCUT2D eigenvalue weighted by Crippen LogP contribution is 2.23. The Morgan fingerprint density at radius 3 is 2.66 bits per heavy atom. The first-order chi connectivity index (χ1) is 15.4. The molecule has 0 saturated carbocycles. The number of rotatable bonds is 9. The zero-order valence-corrected chi connectivity index (χ0v) is 19.4. The number of esters is 1. The standard InChI is InChI=1S/C22H23N3O5S2/c1-3-30-21(27)14-24-18-13-16(25(28)29)8-11-19(18)32-22(24)23-20(26)5-4-12-31-17-9-6-15(2)7-10-17/h6-11,13H,3-5,12,14H2,1-2H3. The molecule has 3 rings (SSSR count). The van der Waals surface area contributed by atoms with Crippen molar-refractivity contribution in [1.82, 2.24) is 4.57 Å². The van der Waals surface area contributed by atoms with Gasteiger partial charge in [0, 0.05) is 23.4 Å². The van der Waals surface area contributed by atoms with Gasteiger partial charge < -0.3 is 9.30 Å². The Morgan fingerprint density at radius 1 is 1.22 bits per heavy atom. The maximum atomic E-state index is 12.5. The average molecular weight is 474 g/mol. The Morgan fingerprint density at radius 2 is 1.97 bits per heavy atom. The van der Waals surface area contributed by atoms with Crippen LogP contribution in [0.15, 0.2) is 52.4 Å². The molecule has 1 aromatic heterocycles. The van der Waals surface area contributed by atoms with Crippen LogP contribution in [0, 0.1) is 17.0 Å². The molecule has 3 aromatic rings. The van der Waals surface area contributed by atoms with E-state index in [2.05, 4.69) is 29.3 Å². The molecule has 2 aromatic carbocycles. The van der Waals surface area contributed by atoms with E-state index in [0.717, 1.165) is 10.6 Å². The summed E-state index contributed by atoms with van der Waals surface area (Å²) in [4.78, 5) is 40.9. The summed E-state index contributed by atoms with van der Waals surface area (Å²) in [6.07, 6.45) is 0.932. The molecule has 32 heavy (non-hydrogen) atoms. The molecule has 168 valence electrons. The number of thiazole rings is 1. The number of nitrogens with zero attached hydrogens (tertiary/aromatic N) is 3. The lowest BCUT2D eigenvalue weighted by Gasteiger charge is -2.05. The second-order valence-corrected chi connectivity index (χ2v) is 9.13. The van der Waals surface area contributed by atoms with Gasteiger partial charge in [0.05, 0.1) is 21.7 Å². The molecule has 0 aliphatic rings. The SMILES string of the molecule is CCOC(=O)Cn1c(=NC(=O)CCCSc2ccc(C)cc2)sc2ccc([N+](=O)[O-])cc21. The molecule has 8 nitrogen and oxygen atoms in total. The number of carbonyl (C=O) groups is 2. The third kappa shape index (κ3) is 6.27. The monoisotopic (exact) mass is 473 g/mol. The Bertz CT molecular complexity index is 1200. The number of non-ortho nitro benzene ring substituents is 1. The first kappa shape index (κ1) is 23.7. The molecule has 0 fully saturated rings. The van der Waals surface area contributed by atoms with Crippen molar-refractivity contribution in [2.24, 2.45) is 4.99 Å². The van der Waals surface area contributed by atoms with Crippen LogP contribution in [0.3, 0.4) is 0 Å². The number of aryl methyl sites for hydroxylation is 1. The third-order valence-electron chi connectivity index (χ3n) is 4.51. The molecule has 0 saturated heterocycles. The molecule has 0 aliphatic heterocycles. The van der Waals surface area contributed by atoms with Gasteiger partial charge in [0.25, 0.3) is 5.69 Å². The number of ether oxygens (including phenoxy) is 1. The van der Waals surface area contributed by atoms with Gasteiger partial charge in [-0.05, 0) is 44.2 Å². The molecule has 10 heteroatoms. The number of thioether (sulfide) groups is 1. The topological polar surface area (TPSA) is 104 Å². The summed E-state index contributed by atoms with van der Waals surface area (Å²) in [5.74, 6) is -0.0126. The number of hydrogen-bond donors (Lipinski definition) is 0. The van der Waals surface area contributed by atoms with E-state index in [1.165, 1.54) is 33.6 Å². The van der Waals surface area contributed by atoms with E-state index in [9.17, 15) is 19.7 Å². The van der Waals surface area contributed by atoms with Gasteiger partial charge in [0.15, 0.2) is 4.80 Å². The second kappa shape index (κ2) is 11.1. The van der Waals surface area contributed by atoms with Gasteiger partial charge in [-0.25, -0.2) is 0 Å². The van der Waals surface area contributed by atoms with Gasteiger partial charge in [-0.3, -0.25) is 19.7 Å². The molecule has 0 spiro atoms. The van der Waals surface area contributed by atoms with Gasteiger partial charge >= 0.3 is 5.97 Å². The zero-order valence-electron chi connectivity index (χ0n) is 17.8. The van der Waals surface area contributed by atoms with Crippen LogP contribution in [0.1, 0.15) is 25.3 Å². The minimum Gasteiger partial charge on any atom is -0.465 e. The second-order valence-electron chi connectivity index (χ2n) is 6.96. The highest BCUT2D eigenvalue weighted by Gasteiger charge is 2.15. The van der Waals surface area contributed by atoms with Crippen LogP contribution in [0.5, 0.6) is 0 Å². The fraction of sp³-hybridized carbons (Fsp3) is 0.318. The molecule has 0 atom stereocenters. The molecule has 1 heterocycles. The number of fused-ring (bicyclic) bond motifs is 1. The molecular weight excluding hydrogens is 450 g/mol. The minimum atomic E-state index is -0.501. The highest BCUT2D eigenvalue weighted by atomic mass is 32.2. The van der Waals surface area contributed by atoms with Crippen molar-refractivity contribution in [1.29, 1.82) is 0 Å². The van der Waals surface area contributed by atoms with Crippen molar-refractivity contribution in [3.8, 4) is 0 Å². The summed E-state index contributed by atoms with van der Waals surface area (Å²) in [7, 11) is 0. The fourth-order valence-electron chi connectivity index (χ4n) is 2.96. The minimum absolute atomic E-state index is 0.0982. The molecule has 0 N–H and O–H groups in total. The maximum absolute atomic E-state index is 12.5. The van der Waals surface area contributed by atoms with Crippen molar-refractivity contribution >= 4 is 50.9 Å². The van der Waals surface area contributed by atoms with Crippen LogP contribution in [-0.4, -0.2) is 33.7 Å². The lowest BCUT2D eigenvalue weighted by atomic mass is 10.2. The first-order valence-corrected chi connectivity index (χ1v) is 11.9. The largest absolute Gasteiger partial charge is 0.465 e. The van der Waals surface area contributed by atoms with Gasteiger partial charge in [-0.2, -0.15) is 4.99 Å². The highest BCUT2D eigenvalue weighted by molar-refractivity contribution is 7.99. The van der Waals surface area contributed by atoms with Crippen molar-refractivity contribution < 1.29 is 19.2 Å². The Kier molecular flexibility index (Phi) is 8.18. The quantitative estimate of drug-likeness (QED) is 0.149. The average Bonchev–Trinajstić information content (AvgIpc) is 3.08. The van der Waals surface area contributed by atoms with E-state index in [-0.39, 0.29) is 31.2 Å². The van der Waals surface area contributed by atoms with E-state index < -0.39 is 10.9 Å². The zero-order chi connectivity index (χ0) is 23.1. The van der Waals surface area contributed by atoms with Crippen molar-refractivity contribution in [3.63, 3.8) is 0 Å². The number of benzene rings is 2. The Balaban J connectivity index is 1.77. The Labute approximate surface area is 193 Å². The first-order valence-electron chi connectivity index (χ1n) is 10.1. The molecule has 0 radical (unpaired) electrons. The lowest BCUT2D eigenvalue weighted by Crippen LogP contribution is -2.23. The Hall–Kier alpha value is -2.98. The molecular formula is C22H23N3O5S2. The number of amides is 1. The number of aromatic nitrogens is 1. The van der Waals surface area contributed by atoms with Crippen LogP contribution in [0.4, 0.5) is 5.69 Å². The predicted molar refractivity (Wildman–Crippen MR) is 125 cm³/mol. The fourth-order valence-corrected chi connectivity index (χ4v) is 4.84. The third-order valence-corrected chi connectivity index (χ3v) is 6.67. The summed E-state index contributed by atoms with van der Waals surface area (Å²) < 4.78 is 7.21. The van der Waals surface area contributed by atoms with Gasteiger partial charge in [-0.1, -0.05) is 29.0 Å². The van der Waals surface area contributed by atoms with E-state index >= 15 is 0 Å². The number of carbonyl (C=O) groups excluding carboxylic acids is 2. The number of nitro benzene ring substituents is 1. The number of nitro groups is 1. The van der Waals surface area contributed by atoms with E-state index in [0.29, 0.717) is 21.4 Å². The van der Waals surface area contributed by atoms with Crippen LogP contribution >= 0.6 is 23.1 Å². The number of hydrogen-bond acceptors (Lipinski definition) is 7. The van der Waals surface area contributed by atoms with E-state index in [1.807, 2.05) is 6.92 Å². The van der Waals surface area contributed by atoms with Crippen LogP contribution in [0.25, 0.3) is 10.2 Å². The van der Waals surface area contributed by atoms with Crippen LogP contribution in [-0.2, 0) is 20.9 Å². The normalized spacial score (nSPS) is 11.6. The maximum Gasteiger partial charge on any atom is 0.326 e. The van der Waals surface area contributed by atoms with Crippen molar-refractivity contribution in [2.45, 2.75) is 38.1 Å². The summed E-state index contributed by atoms with van der Waals surface area (Å²) in [5, 5.41) is 11.2. The van der Waals surface area contributed by atoms with Crippen molar-refractivity contribution in [2.75, 3.05) is 12.4 Å². The van der Waals surface area contributed by atoms with E-state index in [4.69, 9.17) is 4.74 Å². The predicted octanol–water partition coefficient (Wildman–Crippen LogP) is 4.48. The van der Waals surface area contributed by atoms with Gasteiger partial charge in [0.2, 0.25) is 5.91 Å². The van der Waals surface area contributed by atoms with Gasteiger partial charge in [0.1, 0.15) is 6.54 Å². The molecule has 0 bridgehead atoms. The van der Waals surface area contributed by atoms with Crippen LogP contribution in [0.2, 0.25) is 0 Å². The summed E-state index contributed by atoms with van der Waals surface area (Å²) in [6.45, 7) is 3.77. The summed E-state index contributed by atoms with van der Waals surface area (Å²) in [5.41, 5.74) is 1.57. The van der Waals surface area contributed by atoms with Gasteiger partial charge in [-0.15, -0.1) is 11.8 Å². The molecule has 0 unspecified atom stereocenters. The van der Waals surface area contributed by atoms with Crippen molar-refractivity contribution in [3.05, 3.63) is 62.9 Å². The molecule has 0 aliphatic carbocycles. The summed E-state index contributed by atoms with van der Waals surface area (Å²) in [6, 6.07) is 12.6. The molecule has 1 amide bonds. The van der Waals surface area contributed by atoms with Crippen LogP contribution < -0.4 is 4.80 Å². The summed E-state index contributed by atoms with van der Waals surface area (Å²) >= 11 is 2.89. The van der Waals surface area contributed by atoms with E-state index in [1.54, 1.807) is 24.8 Å². The lowest BCUT2D eigenvalue weighted by molar-refractivity contribution is -0.384. The smallest absolute Gasteiger partial charge is 0.326 e.